The van der Waals surface area contributed by atoms with Gasteiger partial charge in [0.1, 0.15) is 0 Å². The molecule has 6 heavy (non-hydrogen) atoms. The molecule has 0 N–H and O–H groups in total. The molecule has 0 aliphatic carbocycles. The predicted octanol–water partition coefficient (Wildman–Crippen LogP) is -1.53. The van der Waals surface area contributed by atoms with Gasteiger partial charge in [-0.25, -0.2) is 0 Å². The fourth-order valence-electron chi connectivity index (χ4n) is 0. The van der Waals surface area contributed by atoms with Gasteiger partial charge in [0.25, 0.3) is 0 Å². The number of rotatable bonds is 0. The Hall–Kier alpha value is 5.24. The van der Waals surface area contributed by atoms with E-state index in [0.29, 0.717) is 0 Å². The summed E-state index contributed by atoms with van der Waals surface area (Å²) in [4.78, 5) is 0. The fourth-order valence-corrected chi connectivity index (χ4v) is 0. The van der Waals surface area contributed by atoms with Crippen LogP contribution in [0.25, 0.3) is 0 Å². The van der Waals surface area contributed by atoms with Crippen molar-refractivity contribution < 1.29 is 39.4 Å². The van der Waals surface area contributed by atoms with E-state index in [-0.39, 0.29) is 158 Å². The van der Waals surface area contributed by atoms with E-state index in [1.165, 1.54) is 0 Å². The van der Waals surface area contributed by atoms with Crippen LogP contribution in [-0.4, -0.2) is 119 Å². The van der Waals surface area contributed by atoms with Crippen LogP contribution in [-0.2, 0) is 39.4 Å². The predicted molar refractivity (Wildman–Crippen MR) is 23.0 cm³/mol. The zero-order chi connectivity index (χ0) is 0. The smallest absolute Gasteiger partial charge is 0 e. The van der Waals surface area contributed by atoms with E-state index < -0.39 is 0 Å². The molecule has 0 atom stereocenters. The molecule has 0 amide bonds. The second kappa shape index (κ2) is 31.8. The summed E-state index contributed by atoms with van der Waals surface area (Å²) in [7, 11) is 0. The molecular weight excluding hydrogens is 560 g/mol. The Morgan fingerprint density at radius 2 is 1.00 bits per heavy atom. The van der Waals surface area contributed by atoms with Crippen LogP contribution in [0.5, 0.6) is 0 Å². The monoisotopic (exact) mass is 561 g/mol. The van der Waals surface area contributed by atoms with Crippen molar-refractivity contribution in [3.63, 3.8) is 0 Å². The van der Waals surface area contributed by atoms with Gasteiger partial charge in [-0.2, -0.15) is 0 Å². The van der Waals surface area contributed by atoms with Crippen molar-refractivity contribution in [3.05, 3.63) is 0 Å². The maximum atomic E-state index is 0. The third kappa shape index (κ3) is 22.8. The minimum Gasteiger partial charge on any atom is 0 e. The topological polar surface area (TPSA) is 0 Å². The first-order chi connectivity index (χ1) is 0. The van der Waals surface area contributed by atoms with Crippen LogP contribution in [0.15, 0.2) is 0 Å². The molecule has 0 rings (SSSR count). The molecular formula is AgCaCuNaPbSn. The largest absolute Gasteiger partial charge is 0 e. The summed E-state index contributed by atoms with van der Waals surface area (Å²) in [6, 6.07) is 0. The minimum absolute atomic E-state index is 0. The summed E-state index contributed by atoms with van der Waals surface area (Å²) < 4.78 is 0. The van der Waals surface area contributed by atoms with E-state index >= 15 is 0 Å². The van der Waals surface area contributed by atoms with Crippen molar-refractivity contribution in [2.75, 3.05) is 0 Å². The summed E-state index contributed by atoms with van der Waals surface area (Å²) in [6.45, 7) is 0. The van der Waals surface area contributed by atoms with Gasteiger partial charge in [0, 0.05) is 158 Å². The van der Waals surface area contributed by atoms with Gasteiger partial charge in [0.05, 0.1) is 0 Å². The van der Waals surface area contributed by atoms with Gasteiger partial charge in [-0.1, -0.05) is 0 Å². The van der Waals surface area contributed by atoms with E-state index in [9.17, 15) is 0 Å². The van der Waals surface area contributed by atoms with Gasteiger partial charge in [0.15, 0.2) is 0 Å². The maximum Gasteiger partial charge on any atom is 0 e. The van der Waals surface area contributed by atoms with Gasteiger partial charge in [-0.05, 0) is 0 Å². The SMILES string of the molecule is [Ag].[Ca].[Cu].[Na].[Pb].[Sn]. The Labute approximate surface area is 153 Å². The normalized spacial score (nSPS) is 0. The average molecular weight is 560 g/mol. The van der Waals surface area contributed by atoms with E-state index in [1.54, 1.807) is 0 Å². The van der Waals surface area contributed by atoms with Crippen molar-refractivity contribution in [1.82, 2.24) is 0 Å². The van der Waals surface area contributed by atoms with Crippen molar-refractivity contribution in [1.29, 1.82) is 0 Å². The van der Waals surface area contributed by atoms with Crippen LogP contribution in [0, 0.1) is 0 Å². The van der Waals surface area contributed by atoms with Crippen molar-refractivity contribution in [2.24, 2.45) is 0 Å². The zero-order valence-electron chi connectivity index (χ0n) is 3.31. The quantitative estimate of drug-likeness (QED) is 0.316. The van der Waals surface area contributed by atoms with Crippen LogP contribution < -0.4 is 0 Å². The molecule has 6 heteroatoms. The van der Waals surface area contributed by atoms with Gasteiger partial charge in [-0.15, -0.1) is 0 Å². The Morgan fingerprint density at radius 3 is 1.00 bits per heavy atom. The number of hydrogen-bond donors (Lipinski definition) is 0. The Bertz CT molecular complexity index is 15.5. The van der Waals surface area contributed by atoms with Gasteiger partial charge in [-0.3, -0.25) is 0 Å². The molecule has 0 saturated heterocycles. The summed E-state index contributed by atoms with van der Waals surface area (Å²) in [5.74, 6) is 0. The van der Waals surface area contributed by atoms with E-state index in [2.05, 4.69) is 0 Å². The van der Waals surface area contributed by atoms with Crippen LogP contribution >= 0.6 is 0 Å². The fraction of sp³-hybridized carbons (Fsp3) is 0. The molecule has 0 aromatic rings. The molecule has 0 aliphatic heterocycles. The third-order valence-corrected chi connectivity index (χ3v) is 0. The molecule has 0 fully saturated rings. The molecule has 0 aliphatic rings. The Kier molecular flexibility index (Phi) is 228. The molecule has 0 unspecified atom stereocenters. The number of hydrogen-bond acceptors (Lipinski definition) is 0. The first kappa shape index (κ1) is 42.9. The van der Waals surface area contributed by atoms with E-state index in [4.69, 9.17) is 0 Å². The average Bonchev–Trinajstić information content (AvgIpc) is 0. The molecule has 0 aromatic heterocycles. The van der Waals surface area contributed by atoms with Crippen LogP contribution in [0.4, 0.5) is 0 Å². The third-order valence-electron chi connectivity index (χ3n) is 0. The zero-order valence-corrected chi connectivity index (χ0v) is 16.7. The minimum atomic E-state index is 0. The summed E-state index contributed by atoms with van der Waals surface area (Å²) in [5, 5.41) is 0. The van der Waals surface area contributed by atoms with Crippen molar-refractivity contribution in [2.45, 2.75) is 0 Å². The molecule has 0 bridgehead atoms. The molecule has 0 heterocycles. The van der Waals surface area contributed by atoms with Gasteiger partial charge >= 0.3 is 0 Å². The van der Waals surface area contributed by atoms with Crippen LogP contribution in [0.3, 0.4) is 0 Å². The first-order valence-corrected chi connectivity index (χ1v) is 0. The molecule has 0 nitrogen and oxygen atoms in total. The van der Waals surface area contributed by atoms with Crippen molar-refractivity contribution in [3.8, 4) is 0 Å². The second-order valence-electron chi connectivity index (χ2n) is 0. The molecule has 0 spiro atoms. The molecule has 0 saturated carbocycles. The van der Waals surface area contributed by atoms with Gasteiger partial charge < -0.3 is 0 Å². The second-order valence-corrected chi connectivity index (χ2v) is 0. The Balaban J connectivity index is 0. The molecule has 0 aromatic carbocycles. The van der Waals surface area contributed by atoms with E-state index in [1.807, 2.05) is 0 Å². The first-order valence-electron chi connectivity index (χ1n) is 0. The summed E-state index contributed by atoms with van der Waals surface area (Å²) in [5.41, 5.74) is 0. The van der Waals surface area contributed by atoms with Crippen molar-refractivity contribution >= 4 is 119 Å². The Morgan fingerprint density at radius 1 is 1.00 bits per heavy atom. The van der Waals surface area contributed by atoms with Crippen LogP contribution in [0.2, 0.25) is 0 Å². The summed E-state index contributed by atoms with van der Waals surface area (Å²) in [6.07, 6.45) is 0. The molecule has 33 valence electrons. The molecule has 13 radical (unpaired) electrons. The van der Waals surface area contributed by atoms with Crippen LogP contribution in [0.1, 0.15) is 0 Å². The van der Waals surface area contributed by atoms with E-state index in [0.717, 1.165) is 0 Å². The van der Waals surface area contributed by atoms with Gasteiger partial charge in [0.2, 0.25) is 0 Å². The standard InChI is InChI=1S/Ag.Ca.Cu.Na.Pb.Sn. The summed E-state index contributed by atoms with van der Waals surface area (Å²) >= 11 is 0. The maximum absolute atomic E-state index is 0.